The predicted molar refractivity (Wildman–Crippen MR) is 58.9 cm³/mol. The summed E-state index contributed by atoms with van der Waals surface area (Å²) in [6.45, 7) is 8.13. The summed E-state index contributed by atoms with van der Waals surface area (Å²) in [5.74, 6) is 0.810. The Morgan fingerprint density at radius 2 is 1.14 bits per heavy atom. The van der Waals surface area contributed by atoms with E-state index in [1.54, 1.807) is 0 Å². The summed E-state index contributed by atoms with van der Waals surface area (Å²) in [5, 5.41) is 19.4. The van der Waals surface area contributed by atoms with Gasteiger partial charge in [-0.1, -0.05) is 27.7 Å². The summed E-state index contributed by atoms with van der Waals surface area (Å²) in [7, 11) is 0. The molecule has 14 heavy (non-hydrogen) atoms. The van der Waals surface area contributed by atoms with Crippen LogP contribution in [-0.4, -0.2) is 28.5 Å². The highest BCUT2D eigenvalue weighted by Gasteiger charge is 2.24. The Kier molecular flexibility index (Phi) is 6.33. The number of aliphatic hydroxyl groups excluding tert-OH is 2. The van der Waals surface area contributed by atoms with Crippen LogP contribution in [0.3, 0.4) is 0 Å². The molecule has 0 spiro atoms. The van der Waals surface area contributed by atoms with Crippen molar-refractivity contribution < 1.29 is 10.2 Å². The fourth-order valence-corrected chi connectivity index (χ4v) is 1.54. The molecule has 0 amide bonds. The Bertz CT molecular complexity index is 132. The van der Waals surface area contributed by atoms with Gasteiger partial charge in [0.15, 0.2) is 0 Å². The van der Waals surface area contributed by atoms with Crippen LogP contribution in [0.15, 0.2) is 0 Å². The van der Waals surface area contributed by atoms with Crippen LogP contribution >= 0.6 is 0 Å². The Morgan fingerprint density at radius 1 is 0.857 bits per heavy atom. The van der Waals surface area contributed by atoms with Crippen LogP contribution in [0.4, 0.5) is 0 Å². The molecule has 0 aromatic carbocycles. The first kappa shape index (κ1) is 13.9. The summed E-state index contributed by atoms with van der Waals surface area (Å²) in [6, 6.07) is -0.514. The maximum Gasteiger partial charge on any atom is 0.0718 e. The molecular formula is C11H25NO2. The predicted octanol–water partition coefficient (Wildman–Crippen LogP) is 1.13. The van der Waals surface area contributed by atoms with E-state index in [2.05, 4.69) is 0 Å². The largest absolute Gasteiger partial charge is 0.391 e. The van der Waals surface area contributed by atoms with Crippen LogP contribution < -0.4 is 5.73 Å². The first-order chi connectivity index (χ1) is 6.34. The zero-order valence-corrected chi connectivity index (χ0v) is 9.77. The maximum absolute atomic E-state index is 9.69. The second-order valence-electron chi connectivity index (χ2n) is 4.97. The summed E-state index contributed by atoms with van der Waals surface area (Å²) in [6.07, 6.45) is 0.111. The van der Waals surface area contributed by atoms with Gasteiger partial charge in [0.25, 0.3) is 0 Å². The van der Waals surface area contributed by atoms with Crippen molar-refractivity contribution in [1.82, 2.24) is 0 Å². The first-order valence-corrected chi connectivity index (χ1v) is 5.46. The van der Waals surface area contributed by atoms with E-state index < -0.39 is 18.2 Å². The summed E-state index contributed by atoms with van der Waals surface area (Å²) in [4.78, 5) is 0. The molecule has 0 fully saturated rings. The van der Waals surface area contributed by atoms with Gasteiger partial charge in [0.05, 0.1) is 18.2 Å². The molecule has 3 nitrogen and oxygen atoms in total. The van der Waals surface area contributed by atoms with Crippen LogP contribution in [0.25, 0.3) is 0 Å². The van der Waals surface area contributed by atoms with Gasteiger partial charge >= 0.3 is 0 Å². The molecule has 3 heteroatoms. The summed E-state index contributed by atoms with van der Waals surface area (Å²) in [5.41, 5.74) is 5.76. The minimum absolute atomic E-state index is 0.405. The normalized spacial score (nSPS) is 18.6. The minimum Gasteiger partial charge on any atom is -0.391 e. The molecule has 2 atom stereocenters. The lowest BCUT2D eigenvalue weighted by Crippen LogP contribution is -2.45. The van der Waals surface area contributed by atoms with Gasteiger partial charge in [-0.05, 0) is 24.7 Å². The first-order valence-electron chi connectivity index (χ1n) is 5.46. The molecule has 86 valence electrons. The van der Waals surface area contributed by atoms with Crippen molar-refractivity contribution in [2.75, 3.05) is 0 Å². The van der Waals surface area contributed by atoms with Gasteiger partial charge in [-0.2, -0.15) is 0 Å². The summed E-state index contributed by atoms with van der Waals surface area (Å²) >= 11 is 0. The van der Waals surface area contributed by atoms with E-state index in [-0.39, 0.29) is 0 Å². The molecular weight excluding hydrogens is 178 g/mol. The smallest absolute Gasteiger partial charge is 0.0718 e. The van der Waals surface area contributed by atoms with Crippen molar-refractivity contribution in [3.8, 4) is 0 Å². The lowest BCUT2D eigenvalue weighted by atomic mass is 9.93. The van der Waals surface area contributed by atoms with Gasteiger partial charge in [-0.15, -0.1) is 0 Å². The zero-order valence-electron chi connectivity index (χ0n) is 9.77. The summed E-state index contributed by atoms with van der Waals surface area (Å²) < 4.78 is 0. The van der Waals surface area contributed by atoms with Crippen molar-refractivity contribution in [2.45, 2.75) is 58.8 Å². The highest BCUT2D eigenvalue weighted by atomic mass is 16.3. The van der Waals surface area contributed by atoms with Gasteiger partial charge in [-0.3, -0.25) is 0 Å². The Hall–Kier alpha value is -0.120. The molecule has 0 heterocycles. The fourth-order valence-electron chi connectivity index (χ4n) is 1.54. The van der Waals surface area contributed by atoms with E-state index in [9.17, 15) is 10.2 Å². The number of rotatable bonds is 6. The Morgan fingerprint density at radius 3 is 1.36 bits per heavy atom. The Balaban J connectivity index is 3.96. The molecule has 2 unspecified atom stereocenters. The highest BCUT2D eigenvalue weighted by Crippen LogP contribution is 2.13. The van der Waals surface area contributed by atoms with Gasteiger partial charge in [0.2, 0.25) is 0 Å². The molecule has 0 bridgehead atoms. The Labute approximate surface area is 87.3 Å². The third-order valence-corrected chi connectivity index (χ3v) is 2.31. The van der Waals surface area contributed by atoms with Crippen LogP contribution in [0.2, 0.25) is 0 Å². The van der Waals surface area contributed by atoms with E-state index in [0.29, 0.717) is 24.7 Å². The van der Waals surface area contributed by atoms with Crippen molar-refractivity contribution in [1.29, 1.82) is 0 Å². The van der Waals surface area contributed by atoms with Crippen LogP contribution in [0.5, 0.6) is 0 Å². The van der Waals surface area contributed by atoms with Crippen LogP contribution in [0, 0.1) is 11.8 Å². The second kappa shape index (κ2) is 6.38. The van der Waals surface area contributed by atoms with Crippen LogP contribution in [0.1, 0.15) is 40.5 Å². The lowest BCUT2D eigenvalue weighted by molar-refractivity contribution is 0.0347. The van der Waals surface area contributed by atoms with Gasteiger partial charge in [0, 0.05) is 0 Å². The van der Waals surface area contributed by atoms with Crippen molar-refractivity contribution >= 4 is 0 Å². The van der Waals surface area contributed by atoms with Gasteiger partial charge in [-0.25, -0.2) is 0 Å². The van der Waals surface area contributed by atoms with Crippen LogP contribution in [-0.2, 0) is 0 Å². The maximum atomic E-state index is 9.69. The standard InChI is InChI=1S/C11H25NO2/c1-7(2)5-9(13)11(12)10(14)6-8(3)4/h7-11,13-14H,5-6,12H2,1-4H3. The van der Waals surface area contributed by atoms with Gasteiger partial charge < -0.3 is 15.9 Å². The second-order valence-corrected chi connectivity index (χ2v) is 4.97. The molecule has 0 saturated carbocycles. The highest BCUT2D eigenvalue weighted by molar-refractivity contribution is 4.80. The quantitative estimate of drug-likeness (QED) is 0.606. The molecule has 0 aliphatic carbocycles. The van der Waals surface area contributed by atoms with E-state index >= 15 is 0 Å². The average Bonchev–Trinajstić information content (AvgIpc) is 2.00. The number of aliphatic hydroxyl groups is 2. The van der Waals surface area contributed by atoms with Crippen molar-refractivity contribution in [3.63, 3.8) is 0 Å². The molecule has 0 aromatic heterocycles. The SMILES string of the molecule is CC(C)CC(O)C(N)C(O)CC(C)C. The van der Waals surface area contributed by atoms with Crippen molar-refractivity contribution in [3.05, 3.63) is 0 Å². The molecule has 0 rings (SSSR count). The zero-order chi connectivity index (χ0) is 11.3. The lowest BCUT2D eigenvalue weighted by Gasteiger charge is -2.26. The van der Waals surface area contributed by atoms with Crippen molar-refractivity contribution in [2.24, 2.45) is 17.6 Å². The van der Waals surface area contributed by atoms with E-state index in [0.717, 1.165) is 0 Å². The minimum atomic E-state index is -0.594. The molecule has 4 N–H and O–H groups in total. The molecule has 0 saturated heterocycles. The number of nitrogens with two attached hydrogens (primary N) is 1. The topological polar surface area (TPSA) is 66.5 Å². The average molecular weight is 203 g/mol. The molecule has 0 aliphatic rings. The van der Waals surface area contributed by atoms with E-state index in [4.69, 9.17) is 5.73 Å². The third kappa shape index (κ3) is 5.58. The van der Waals surface area contributed by atoms with Gasteiger partial charge in [0.1, 0.15) is 0 Å². The van der Waals surface area contributed by atoms with E-state index in [1.807, 2.05) is 27.7 Å². The number of hydrogen-bond donors (Lipinski definition) is 3. The van der Waals surface area contributed by atoms with E-state index in [1.165, 1.54) is 0 Å². The molecule has 0 aliphatic heterocycles. The monoisotopic (exact) mass is 203 g/mol. The fraction of sp³-hybridized carbons (Fsp3) is 1.00. The molecule has 0 aromatic rings. The third-order valence-electron chi connectivity index (χ3n) is 2.31. The number of hydrogen-bond acceptors (Lipinski definition) is 3. The molecule has 0 radical (unpaired) electrons.